The Kier molecular flexibility index (Phi) is 3.59. The molecule has 1 aliphatic heterocycles. The highest BCUT2D eigenvalue weighted by molar-refractivity contribution is 5.47. The molecule has 2 heterocycles. The zero-order valence-corrected chi connectivity index (χ0v) is 9.89. The molecular weight excluding hydrogens is 200 g/mol. The fraction of sp³-hybridized carbons (Fsp3) is 0.667. The van der Waals surface area contributed by atoms with Crippen LogP contribution in [0.15, 0.2) is 12.4 Å². The Labute approximate surface area is 96.9 Å². The Balaban J connectivity index is 2.16. The van der Waals surface area contributed by atoms with E-state index >= 15 is 0 Å². The SMILES string of the molecule is CCCC1CCCCN1c1cc(N)ncn1. The van der Waals surface area contributed by atoms with E-state index < -0.39 is 0 Å². The summed E-state index contributed by atoms with van der Waals surface area (Å²) in [6, 6.07) is 2.52. The lowest BCUT2D eigenvalue weighted by Gasteiger charge is -2.36. The Bertz CT molecular complexity index is 338. The van der Waals surface area contributed by atoms with E-state index in [4.69, 9.17) is 5.73 Å². The highest BCUT2D eigenvalue weighted by Gasteiger charge is 2.22. The van der Waals surface area contributed by atoms with Gasteiger partial charge in [0.15, 0.2) is 0 Å². The molecule has 0 amide bonds. The molecule has 0 saturated carbocycles. The van der Waals surface area contributed by atoms with Crippen molar-refractivity contribution in [3.05, 3.63) is 12.4 Å². The van der Waals surface area contributed by atoms with Gasteiger partial charge in [0.25, 0.3) is 0 Å². The van der Waals surface area contributed by atoms with Crippen molar-refractivity contribution in [1.82, 2.24) is 9.97 Å². The van der Waals surface area contributed by atoms with Crippen molar-refractivity contribution in [2.45, 2.75) is 45.1 Å². The summed E-state index contributed by atoms with van der Waals surface area (Å²) in [7, 11) is 0. The van der Waals surface area contributed by atoms with Crippen molar-refractivity contribution in [3.63, 3.8) is 0 Å². The second kappa shape index (κ2) is 5.14. The molecule has 0 radical (unpaired) electrons. The summed E-state index contributed by atoms with van der Waals surface area (Å²) in [5, 5.41) is 0. The first-order valence-electron chi connectivity index (χ1n) is 6.15. The summed E-state index contributed by atoms with van der Waals surface area (Å²) in [4.78, 5) is 10.7. The number of aromatic nitrogens is 2. The van der Waals surface area contributed by atoms with E-state index in [1.807, 2.05) is 6.07 Å². The van der Waals surface area contributed by atoms with Crippen LogP contribution < -0.4 is 10.6 Å². The van der Waals surface area contributed by atoms with Gasteiger partial charge in [0.2, 0.25) is 0 Å². The van der Waals surface area contributed by atoms with Gasteiger partial charge in [-0.25, -0.2) is 9.97 Å². The highest BCUT2D eigenvalue weighted by Crippen LogP contribution is 2.26. The van der Waals surface area contributed by atoms with Gasteiger partial charge in [-0.2, -0.15) is 0 Å². The molecule has 0 bridgehead atoms. The second-order valence-corrected chi connectivity index (χ2v) is 4.43. The zero-order valence-electron chi connectivity index (χ0n) is 9.89. The van der Waals surface area contributed by atoms with Crippen LogP contribution in [0.25, 0.3) is 0 Å². The van der Waals surface area contributed by atoms with Gasteiger partial charge in [-0.3, -0.25) is 0 Å². The Morgan fingerprint density at radius 1 is 1.44 bits per heavy atom. The Hall–Kier alpha value is -1.32. The molecule has 2 N–H and O–H groups in total. The van der Waals surface area contributed by atoms with Crippen LogP contribution in [0.5, 0.6) is 0 Å². The summed E-state index contributed by atoms with van der Waals surface area (Å²) in [6.07, 6.45) is 7.89. The first-order chi connectivity index (χ1) is 7.81. The lowest BCUT2D eigenvalue weighted by atomic mass is 9.98. The van der Waals surface area contributed by atoms with Gasteiger partial charge in [0.1, 0.15) is 18.0 Å². The highest BCUT2D eigenvalue weighted by atomic mass is 15.2. The Morgan fingerprint density at radius 3 is 3.06 bits per heavy atom. The molecule has 88 valence electrons. The summed E-state index contributed by atoms with van der Waals surface area (Å²) in [5.74, 6) is 1.55. The van der Waals surface area contributed by atoms with E-state index in [2.05, 4.69) is 21.8 Å². The number of piperidine rings is 1. The van der Waals surface area contributed by atoms with Gasteiger partial charge in [0, 0.05) is 18.7 Å². The summed E-state index contributed by atoms with van der Waals surface area (Å²) in [5.41, 5.74) is 5.71. The van der Waals surface area contributed by atoms with Gasteiger partial charge in [-0.05, 0) is 25.7 Å². The molecule has 1 saturated heterocycles. The zero-order chi connectivity index (χ0) is 11.4. The van der Waals surface area contributed by atoms with Crippen LogP contribution in [-0.4, -0.2) is 22.6 Å². The molecular formula is C12H20N4. The first kappa shape index (κ1) is 11.2. The standard InChI is InChI=1S/C12H20N4/c1-2-5-10-6-3-4-7-16(10)12-8-11(13)14-9-15-12/h8-10H,2-7H2,1H3,(H2,13,14,15). The first-order valence-corrected chi connectivity index (χ1v) is 6.15. The summed E-state index contributed by atoms with van der Waals surface area (Å²) in [6.45, 7) is 3.34. The number of rotatable bonds is 3. The summed E-state index contributed by atoms with van der Waals surface area (Å²) < 4.78 is 0. The quantitative estimate of drug-likeness (QED) is 0.848. The van der Waals surface area contributed by atoms with Crippen LogP contribution in [0.1, 0.15) is 39.0 Å². The average molecular weight is 220 g/mol. The predicted octanol–water partition coefficient (Wildman–Crippen LogP) is 2.22. The van der Waals surface area contributed by atoms with Gasteiger partial charge >= 0.3 is 0 Å². The van der Waals surface area contributed by atoms with Gasteiger partial charge < -0.3 is 10.6 Å². The predicted molar refractivity (Wildman–Crippen MR) is 66.3 cm³/mol. The maximum absolute atomic E-state index is 5.71. The van der Waals surface area contributed by atoms with Crippen molar-refractivity contribution in [2.24, 2.45) is 0 Å². The number of hydrogen-bond acceptors (Lipinski definition) is 4. The number of hydrogen-bond donors (Lipinski definition) is 1. The normalized spacial score (nSPS) is 21.1. The van der Waals surface area contributed by atoms with E-state index in [0.29, 0.717) is 11.9 Å². The second-order valence-electron chi connectivity index (χ2n) is 4.43. The summed E-state index contributed by atoms with van der Waals surface area (Å²) >= 11 is 0. The number of nitrogens with zero attached hydrogens (tertiary/aromatic N) is 3. The van der Waals surface area contributed by atoms with E-state index in [1.165, 1.54) is 32.1 Å². The van der Waals surface area contributed by atoms with Crippen molar-refractivity contribution in [3.8, 4) is 0 Å². The third kappa shape index (κ3) is 2.43. The Morgan fingerprint density at radius 2 is 2.31 bits per heavy atom. The van der Waals surface area contributed by atoms with Crippen molar-refractivity contribution < 1.29 is 0 Å². The van der Waals surface area contributed by atoms with Gasteiger partial charge in [0.05, 0.1) is 0 Å². The minimum atomic E-state index is 0.561. The lowest BCUT2D eigenvalue weighted by molar-refractivity contribution is 0.432. The van der Waals surface area contributed by atoms with Crippen molar-refractivity contribution in [1.29, 1.82) is 0 Å². The molecule has 1 aromatic rings. The largest absolute Gasteiger partial charge is 0.384 e. The fourth-order valence-corrected chi connectivity index (χ4v) is 2.45. The van der Waals surface area contributed by atoms with Crippen molar-refractivity contribution in [2.75, 3.05) is 17.2 Å². The van der Waals surface area contributed by atoms with E-state index in [-0.39, 0.29) is 0 Å². The minimum absolute atomic E-state index is 0.561. The minimum Gasteiger partial charge on any atom is -0.384 e. The average Bonchev–Trinajstić information content (AvgIpc) is 2.30. The number of nitrogen functional groups attached to an aromatic ring is 1. The molecule has 1 atom stereocenters. The van der Waals surface area contributed by atoms with E-state index in [0.717, 1.165) is 12.4 Å². The smallest absolute Gasteiger partial charge is 0.134 e. The fourth-order valence-electron chi connectivity index (χ4n) is 2.45. The van der Waals surface area contributed by atoms with Crippen LogP contribution in [0.2, 0.25) is 0 Å². The molecule has 0 spiro atoms. The molecule has 4 heteroatoms. The molecule has 1 aliphatic rings. The molecule has 1 unspecified atom stereocenters. The van der Waals surface area contributed by atoms with Crippen LogP contribution >= 0.6 is 0 Å². The third-order valence-corrected chi connectivity index (χ3v) is 3.22. The van der Waals surface area contributed by atoms with Crippen LogP contribution in [0.3, 0.4) is 0 Å². The maximum Gasteiger partial charge on any atom is 0.134 e. The lowest BCUT2D eigenvalue weighted by Crippen LogP contribution is -2.40. The topological polar surface area (TPSA) is 55.0 Å². The number of anilines is 2. The van der Waals surface area contributed by atoms with E-state index in [9.17, 15) is 0 Å². The van der Waals surface area contributed by atoms with Crippen molar-refractivity contribution >= 4 is 11.6 Å². The molecule has 0 aliphatic carbocycles. The molecule has 1 fully saturated rings. The van der Waals surface area contributed by atoms with Crippen LogP contribution in [-0.2, 0) is 0 Å². The maximum atomic E-state index is 5.71. The third-order valence-electron chi connectivity index (χ3n) is 3.22. The van der Waals surface area contributed by atoms with E-state index in [1.54, 1.807) is 6.33 Å². The molecule has 1 aromatic heterocycles. The molecule has 0 aromatic carbocycles. The monoisotopic (exact) mass is 220 g/mol. The van der Waals surface area contributed by atoms with Gasteiger partial charge in [-0.15, -0.1) is 0 Å². The number of nitrogens with two attached hydrogens (primary N) is 1. The van der Waals surface area contributed by atoms with Crippen LogP contribution in [0.4, 0.5) is 11.6 Å². The van der Waals surface area contributed by atoms with Gasteiger partial charge in [-0.1, -0.05) is 13.3 Å². The molecule has 2 rings (SSSR count). The molecule has 4 nitrogen and oxygen atoms in total. The molecule has 16 heavy (non-hydrogen) atoms. The van der Waals surface area contributed by atoms with Crippen LogP contribution in [0, 0.1) is 0 Å².